The number of rotatable bonds is 1. The zero-order valence-corrected chi connectivity index (χ0v) is 12.0. The molecule has 1 atom stereocenters. The van der Waals surface area contributed by atoms with Crippen molar-refractivity contribution < 1.29 is 8.81 Å². The van der Waals surface area contributed by atoms with E-state index >= 15 is 0 Å². The van der Waals surface area contributed by atoms with Gasteiger partial charge in [0.15, 0.2) is 5.58 Å². The lowest BCUT2D eigenvalue weighted by molar-refractivity contribution is 0.483. The number of hydrogen-bond acceptors (Lipinski definition) is 3. The highest BCUT2D eigenvalue weighted by molar-refractivity contribution is 6.35. The zero-order chi connectivity index (χ0) is 12.7. The van der Waals surface area contributed by atoms with Crippen molar-refractivity contribution in [1.82, 2.24) is 5.32 Å². The van der Waals surface area contributed by atoms with Gasteiger partial charge in [-0.05, 0) is 19.1 Å². The normalized spacial score (nSPS) is 19.5. The Balaban J connectivity index is 0.00000133. The van der Waals surface area contributed by atoms with Gasteiger partial charge < -0.3 is 14.6 Å². The summed E-state index contributed by atoms with van der Waals surface area (Å²) < 4.78 is 19.3. The van der Waals surface area contributed by atoms with Gasteiger partial charge in [-0.15, -0.1) is 12.4 Å². The van der Waals surface area contributed by atoms with E-state index in [0.717, 1.165) is 25.0 Å². The summed E-state index contributed by atoms with van der Waals surface area (Å²) in [5.41, 5.74) is 1.33. The predicted molar refractivity (Wildman–Crippen MR) is 78.1 cm³/mol. The van der Waals surface area contributed by atoms with Crippen LogP contribution in [0.4, 0.5) is 10.1 Å². The fraction of sp³-hybridized carbons (Fsp3) is 0.385. The van der Waals surface area contributed by atoms with E-state index in [2.05, 4.69) is 17.1 Å². The standard InChI is InChI=1S/C13H14ClFN2O.ClH/c1-8-7-17(4-3-16-8)12-11(14)10(15)6-9-2-5-18-13(9)12;/h2,5-6,8,16H,3-4,7H2,1H3;1H/t8-;/m0./s1. The van der Waals surface area contributed by atoms with Crippen molar-refractivity contribution in [3.8, 4) is 0 Å². The van der Waals surface area contributed by atoms with Crippen LogP contribution in [0.5, 0.6) is 0 Å². The van der Waals surface area contributed by atoms with Gasteiger partial charge in [0.25, 0.3) is 0 Å². The van der Waals surface area contributed by atoms with Gasteiger partial charge in [0.05, 0.1) is 6.26 Å². The first-order chi connectivity index (χ1) is 8.66. The largest absolute Gasteiger partial charge is 0.462 e. The Labute approximate surface area is 122 Å². The van der Waals surface area contributed by atoms with Crippen LogP contribution in [-0.2, 0) is 0 Å². The van der Waals surface area contributed by atoms with Gasteiger partial charge in [0, 0.05) is 31.1 Å². The van der Waals surface area contributed by atoms with E-state index in [-0.39, 0.29) is 17.4 Å². The third-order valence-electron chi connectivity index (χ3n) is 3.30. The van der Waals surface area contributed by atoms with Crippen molar-refractivity contribution in [1.29, 1.82) is 0 Å². The van der Waals surface area contributed by atoms with Crippen LogP contribution in [0.2, 0.25) is 5.02 Å². The van der Waals surface area contributed by atoms with E-state index in [1.165, 1.54) is 6.07 Å². The van der Waals surface area contributed by atoms with Crippen LogP contribution < -0.4 is 10.2 Å². The Kier molecular flexibility index (Phi) is 4.23. The third kappa shape index (κ3) is 2.53. The summed E-state index contributed by atoms with van der Waals surface area (Å²) in [5, 5.41) is 4.24. The molecule has 0 bridgehead atoms. The molecular weight excluding hydrogens is 290 g/mol. The second-order valence-corrected chi connectivity index (χ2v) is 5.04. The van der Waals surface area contributed by atoms with E-state index in [1.54, 1.807) is 12.3 Å². The fourth-order valence-corrected chi connectivity index (χ4v) is 2.72. The van der Waals surface area contributed by atoms with Crippen LogP contribution in [0.15, 0.2) is 22.8 Å². The van der Waals surface area contributed by atoms with Crippen molar-refractivity contribution in [2.75, 3.05) is 24.5 Å². The Bertz CT molecular complexity index is 587. The predicted octanol–water partition coefficient (Wildman–Crippen LogP) is 3.45. The molecule has 2 heterocycles. The average Bonchev–Trinajstić information content (AvgIpc) is 2.78. The summed E-state index contributed by atoms with van der Waals surface area (Å²) in [7, 11) is 0. The van der Waals surface area contributed by atoms with Gasteiger partial charge in [-0.1, -0.05) is 11.6 Å². The highest BCUT2D eigenvalue weighted by Crippen LogP contribution is 2.37. The van der Waals surface area contributed by atoms with Crippen molar-refractivity contribution in [2.45, 2.75) is 13.0 Å². The van der Waals surface area contributed by atoms with Gasteiger partial charge in [-0.25, -0.2) is 4.39 Å². The molecule has 0 aliphatic carbocycles. The minimum Gasteiger partial charge on any atom is -0.462 e. The van der Waals surface area contributed by atoms with Crippen LogP contribution in [0.1, 0.15) is 6.92 Å². The molecule has 0 spiro atoms. The smallest absolute Gasteiger partial charge is 0.158 e. The van der Waals surface area contributed by atoms with Crippen LogP contribution in [0, 0.1) is 5.82 Å². The second-order valence-electron chi connectivity index (χ2n) is 4.66. The summed E-state index contributed by atoms with van der Waals surface area (Å²) in [6.45, 7) is 4.54. The Morgan fingerprint density at radius 3 is 3.05 bits per heavy atom. The minimum absolute atomic E-state index is 0. The lowest BCUT2D eigenvalue weighted by Gasteiger charge is -2.34. The molecule has 19 heavy (non-hydrogen) atoms. The second kappa shape index (κ2) is 5.57. The molecular formula is C13H15Cl2FN2O. The fourth-order valence-electron chi connectivity index (χ4n) is 2.46. The minimum atomic E-state index is -0.397. The molecule has 0 radical (unpaired) electrons. The van der Waals surface area contributed by atoms with E-state index in [9.17, 15) is 4.39 Å². The number of benzene rings is 1. The lowest BCUT2D eigenvalue weighted by Crippen LogP contribution is -2.49. The molecule has 3 rings (SSSR count). The third-order valence-corrected chi connectivity index (χ3v) is 3.66. The molecule has 1 aliphatic rings. The van der Waals surface area contributed by atoms with Crippen molar-refractivity contribution in [2.24, 2.45) is 0 Å². The molecule has 1 aromatic carbocycles. The molecule has 2 aromatic rings. The molecule has 104 valence electrons. The van der Waals surface area contributed by atoms with Crippen LogP contribution in [0.3, 0.4) is 0 Å². The molecule has 1 N–H and O–H groups in total. The topological polar surface area (TPSA) is 28.4 Å². The highest BCUT2D eigenvalue weighted by atomic mass is 35.5. The van der Waals surface area contributed by atoms with Gasteiger partial charge in [0.1, 0.15) is 16.5 Å². The van der Waals surface area contributed by atoms with Crippen molar-refractivity contribution >= 4 is 40.7 Å². The first-order valence-corrected chi connectivity index (χ1v) is 6.38. The van der Waals surface area contributed by atoms with Crippen LogP contribution >= 0.6 is 24.0 Å². The lowest BCUT2D eigenvalue weighted by atomic mass is 10.1. The molecule has 1 aliphatic heterocycles. The van der Waals surface area contributed by atoms with E-state index in [1.807, 2.05) is 0 Å². The summed E-state index contributed by atoms with van der Waals surface area (Å²) >= 11 is 6.11. The molecule has 0 saturated carbocycles. The number of nitrogens with zero attached hydrogens (tertiary/aromatic N) is 1. The van der Waals surface area contributed by atoms with Gasteiger partial charge >= 0.3 is 0 Å². The number of nitrogens with one attached hydrogen (secondary N) is 1. The van der Waals surface area contributed by atoms with E-state index < -0.39 is 5.82 Å². The van der Waals surface area contributed by atoms with Crippen molar-refractivity contribution in [3.63, 3.8) is 0 Å². The van der Waals surface area contributed by atoms with Gasteiger partial charge in [-0.2, -0.15) is 0 Å². The molecule has 6 heteroatoms. The van der Waals surface area contributed by atoms with Crippen LogP contribution in [-0.4, -0.2) is 25.7 Å². The summed E-state index contributed by atoms with van der Waals surface area (Å²) in [5.74, 6) is -0.397. The number of piperazine rings is 1. The number of hydrogen-bond donors (Lipinski definition) is 1. The SMILES string of the molecule is C[C@H]1CN(c2c(Cl)c(F)cc3ccoc23)CCN1.Cl. The number of halogens is 3. The number of furan rings is 1. The molecule has 0 unspecified atom stereocenters. The summed E-state index contributed by atoms with van der Waals surface area (Å²) in [6.07, 6.45) is 1.57. The molecule has 1 aromatic heterocycles. The van der Waals surface area contributed by atoms with E-state index in [0.29, 0.717) is 17.3 Å². The maximum Gasteiger partial charge on any atom is 0.158 e. The summed E-state index contributed by atoms with van der Waals surface area (Å²) in [6, 6.07) is 3.52. The Morgan fingerprint density at radius 2 is 2.32 bits per heavy atom. The van der Waals surface area contributed by atoms with Crippen LogP contribution in [0.25, 0.3) is 11.0 Å². The molecule has 0 amide bonds. The Hall–Kier alpha value is -0.970. The Morgan fingerprint density at radius 1 is 1.53 bits per heavy atom. The van der Waals surface area contributed by atoms with Gasteiger partial charge in [0.2, 0.25) is 0 Å². The number of anilines is 1. The molecule has 3 nitrogen and oxygen atoms in total. The number of fused-ring (bicyclic) bond motifs is 1. The molecule has 1 saturated heterocycles. The first kappa shape index (κ1) is 14.4. The zero-order valence-electron chi connectivity index (χ0n) is 10.5. The van der Waals surface area contributed by atoms with E-state index in [4.69, 9.17) is 16.0 Å². The molecule has 1 fully saturated rings. The maximum atomic E-state index is 13.8. The summed E-state index contributed by atoms with van der Waals surface area (Å²) in [4.78, 5) is 2.08. The maximum absolute atomic E-state index is 13.8. The average molecular weight is 305 g/mol. The first-order valence-electron chi connectivity index (χ1n) is 6.00. The highest BCUT2D eigenvalue weighted by Gasteiger charge is 2.23. The monoisotopic (exact) mass is 304 g/mol. The quantitative estimate of drug-likeness (QED) is 0.875. The van der Waals surface area contributed by atoms with Gasteiger partial charge in [-0.3, -0.25) is 0 Å². The van der Waals surface area contributed by atoms with Crippen molar-refractivity contribution in [3.05, 3.63) is 29.2 Å².